The molecule has 1 aromatic heterocycles. The lowest BCUT2D eigenvalue weighted by Crippen LogP contribution is -2.03. The van der Waals surface area contributed by atoms with Crippen LogP contribution in [0.2, 0.25) is 0 Å². The third kappa shape index (κ3) is 2.67. The van der Waals surface area contributed by atoms with E-state index in [2.05, 4.69) is 37.9 Å². The third-order valence-corrected chi connectivity index (χ3v) is 2.70. The first-order chi connectivity index (χ1) is 8.51. The molecule has 0 atom stereocenters. The number of rotatable bonds is 3. The van der Waals surface area contributed by atoms with E-state index in [0.29, 0.717) is 12.4 Å². The molecular formula is C15H18N2O. The highest BCUT2D eigenvalue weighted by atomic mass is 16.1. The van der Waals surface area contributed by atoms with Gasteiger partial charge in [0.05, 0.1) is 11.0 Å². The maximum absolute atomic E-state index is 11.0. The van der Waals surface area contributed by atoms with Crippen molar-refractivity contribution in [2.45, 2.75) is 27.3 Å². The number of hydrogen-bond donors (Lipinski definition) is 0. The second-order valence-corrected chi connectivity index (χ2v) is 5.46. The van der Waals surface area contributed by atoms with Crippen LogP contribution in [0.1, 0.15) is 31.4 Å². The van der Waals surface area contributed by atoms with Gasteiger partial charge >= 0.3 is 0 Å². The Hall–Kier alpha value is -1.90. The zero-order valence-electron chi connectivity index (χ0n) is 11.1. The standard InChI is InChI=1S/C15H18N2O/c1-15(2,3)9-6-10-17-13-8-5-4-7-12(13)16-14(17)11-18/h4-9,11H,10H2,1-3H3/b9-6-. The summed E-state index contributed by atoms with van der Waals surface area (Å²) in [6.45, 7) is 7.12. The summed E-state index contributed by atoms with van der Waals surface area (Å²) < 4.78 is 1.94. The molecule has 94 valence electrons. The van der Waals surface area contributed by atoms with E-state index in [9.17, 15) is 4.79 Å². The van der Waals surface area contributed by atoms with Gasteiger partial charge in [0.1, 0.15) is 0 Å². The summed E-state index contributed by atoms with van der Waals surface area (Å²) in [5.74, 6) is 0.481. The van der Waals surface area contributed by atoms with Crippen molar-refractivity contribution in [1.29, 1.82) is 0 Å². The van der Waals surface area contributed by atoms with Gasteiger partial charge in [-0.15, -0.1) is 0 Å². The SMILES string of the molecule is CC(C)(C)/C=C\Cn1c(C=O)nc2ccccc21. The van der Waals surface area contributed by atoms with Gasteiger partial charge in [-0.2, -0.15) is 0 Å². The van der Waals surface area contributed by atoms with E-state index in [1.165, 1.54) is 0 Å². The molecule has 0 unspecified atom stereocenters. The zero-order valence-corrected chi connectivity index (χ0v) is 11.1. The molecule has 3 heteroatoms. The van der Waals surface area contributed by atoms with Crippen LogP contribution in [0.5, 0.6) is 0 Å². The predicted octanol–water partition coefficient (Wildman–Crippen LogP) is 3.45. The predicted molar refractivity (Wildman–Crippen MR) is 73.7 cm³/mol. The van der Waals surface area contributed by atoms with Crippen molar-refractivity contribution >= 4 is 17.3 Å². The van der Waals surface area contributed by atoms with E-state index in [-0.39, 0.29) is 5.41 Å². The van der Waals surface area contributed by atoms with Crippen LogP contribution in [0.15, 0.2) is 36.4 Å². The first-order valence-corrected chi connectivity index (χ1v) is 6.09. The second kappa shape index (κ2) is 4.77. The topological polar surface area (TPSA) is 34.9 Å². The lowest BCUT2D eigenvalue weighted by Gasteiger charge is -2.11. The zero-order chi connectivity index (χ0) is 13.2. The number of carbonyl (C=O) groups is 1. The van der Waals surface area contributed by atoms with Crippen molar-refractivity contribution in [3.05, 3.63) is 42.2 Å². The minimum absolute atomic E-state index is 0.151. The van der Waals surface area contributed by atoms with Crippen molar-refractivity contribution in [3.63, 3.8) is 0 Å². The first kappa shape index (κ1) is 12.6. The first-order valence-electron chi connectivity index (χ1n) is 6.09. The fourth-order valence-corrected chi connectivity index (χ4v) is 1.89. The summed E-state index contributed by atoms with van der Waals surface area (Å²) in [5, 5.41) is 0. The quantitative estimate of drug-likeness (QED) is 0.610. The van der Waals surface area contributed by atoms with Crippen LogP contribution in [0.3, 0.4) is 0 Å². The van der Waals surface area contributed by atoms with Gasteiger partial charge in [0.25, 0.3) is 0 Å². The lowest BCUT2D eigenvalue weighted by molar-refractivity contribution is 0.111. The number of hydrogen-bond acceptors (Lipinski definition) is 2. The summed E-state index contributed by atoms with van der Waals surface area (Å²) in [5.41, 5.74) is 2.01. The highest BCUT2D eigenvalue weighted by Crippen LogP contribution is 2.17. The molecular weight excluding hydrogens is 224 g/mol. The Balaban J connectivity index is 2.37. The third-order valence-electron chi connectivity index (χ3n) is 2.70. The minimum atomic E-state index is 0.151. The number of nitrogens with zero attached hydrogens (tertiary/aromatic N) is 2. The number of allylic oxidation sites excluding steroid dienone is 2. The molecule has 18 heavy (non-hydrogen) atoms. The van der Waals surface area contributed by atoms with Gasteiger partial charge in [0.15, 0.2) is 12.1 Å². The number of carbonyl (C=O) groups excluding carboxylic acids is 1. The average Bonchev–Trinajstić information content (AvgIpc) is 2.66. The van der Waals surface area contributed by atoms with Crippen LogP contribution >= 0.6 is 0 Å². The molecule has 0 fully saturated rings. The monoisotopic (exact) mass is 242 g/mol. The summed E-state index contributed by atoms with van der Waals surface area (Å²) in [6.07, 6.45) is 5.04. The number of aldehydes is 1. The summed E-state index contributed by atoms with van der Waals surface area (Å²) >= 11 is 0. The molecule has 0 aliphatic rings. The highest BCUT2D eigenvalue weighted by molar-refractivity contribution is 5.83. The molecule has 0 saturated carbocycles. The van der Waals surface area contributed by atoms with Crippen molar-refractivity contribution in [2.75, 3.05) is 0 Å². The van der Waals surface area contributed by atoms with Gasteiger partial charge in [-0.05, 0) is 17.5 Å². The summed E-state index contributed by atoms with van der Waals surface area (Å²) in [6, 6.07) is 7.80. The Morgan fingerprint density at radius 3 is 2.67 bits per heavy atom. The Kier molecular flexibility index (Phi) is 3.32. The van der Waals surface area contributed by atoms with Crippen molar-refractivity contribution in [3.8, 4) is 0 Å². The van der Waals surface area contributed by atoms with Crippen LogP contribution in [-0.4, -0.2) is 15.8 Å². The summed E-state index contributed by atoms with van der Waals surface area (Å²) in [4.78, 5) is 15.4. The minimum Gasteiger partial charge on any atom is -0.318 e. The van der Waals surface area contributed by atoms with Crippen LogP contribution < -0.4 is 0 Å². The van der Waals surface area contributed by atoms with E-state index in [1.807, 2.05) is 28.8 Å². The molecule has 0 N–H and O–H groups in total. The molecule has 0 saturated heterocycles. The van der Waals surface area contributed by atoms with Crippen LogP contribution in [0.25, 0.3) is 11.0 Å². The van der Waals surface area contributed by atoms with E-state index in [1.54, 1.807) is 0 Å². The number of benzene rings is 1. The molecule has 1 heterocycles. The summed E-state index contributed by atoms with van der Waals surface area (Å²) in [7, 11) is 0. The fourth-order valence-electron chi connectivity index (χ4n) is 1.89. The van der Waals surface area contributed by atoms with Gasteiger partial charge < -0.3 is 4.57 Å². The molecule has 0 spiro atoms. The average molecular weight is 242 g/mol. The maximum atomic E-state index is 11.0. The van der Waals surface area contributed by atoms with E-state index in [4.69, 9.17) is 0 Å². The van der Waals surface area contributed by atoms with Crippen LogP contribution in [0, 0.1) is 5.41 Å². The molecule has 0 aliphatic heterocycles. The number of para-hydroxylation sites is 2. The molecule has 0 amide bonds. The van der Waals surface area contributed by atoms with Gasteiger partial charge in [0, 0.05) is 6.54 Å². The number of imidazole rings is 1. The molecule has 0 bridgehead atoms. The Labute approximate surface area is 107 Å². The van der Waals surface area contributed by atoms with Gasteiger partial charge in [0.2, 0.25) is 0 Å². The van der Waals surface area contributed by atoms with Gasteiger partial charge in [-0.1, -0.05) is 45.1 Å². The number of aromatic nitrogens is 2. The molecule has 1 aromatic carbocycles. The Morgan fingerprint density at radius 1 is 1.28 bits per heavy atom. The normalized spacial score (nSPS) is 12.4. The lowest BCUT2D eigenvalue weighted by atomic mass is 9.96. The molecule has 2 rings (SSSR count). The van der Waals surface area contributed by atoms with Crippen molar-refractivity contribution in [2.24, 2.45) is 5.41 Å². The van der Waals surface area contributed by atoms with E-state index < -0.39 is 0 Å². The number of fused-ring (bicyclic) bond motifs is 1. The van der Waals surface area contributed by atoms with Gasteiger partial charge in [-0.25, -0.2) is 4.98 Å². The largest absolute Gasteiger partial charge is 0.318 e. The Bertz CT molecular complexity index is 588. The highest BCUT2D eigenvalue weighted by Gasteiger charge is 2.08. The van der Waals surface area contributed by atoms with E-state index >= 15 is 0 Å². The Morgan fingerprint density at radius 2 is 2.00 bits per heavy atom. The molecule has 2 aromatic rings. The van der Waals surface area contributed by atoms with Crippen molar-refractivity contribution in [1.82, 2.24) is 9.55 Å². The second-order valence-electron chi connectivity index (χ2n) is 5.46. The van der Waals surface area contributed by atoms with Crippen molar-refractivity contribution < 1.29 is 4.79 Å². The molecule has 0 aliphatic carbocycles. The van der Waals surface area contributed by atoms with Gasteiger partial charge in [-0.3, -0.25) is 4.79 Å². The van der Waals surface area contributed by atoms with Crippen LogP contribution in [-0.2, 0) is 6.54 Å². The van der Waals surface area contributed by atoms with E-state index in [0.717, 1.165) is 17.3 Å². The van der Waals surface area contributed by atoms with Crippen LogP contribution in [0.4, 0.5) is 0 Å². The fraction of sp³-hybridized carbons (Fsp3) is 0.333. The maximum Gasteiger partial charge on any atom is 0.185 e. The molecule has 0 radical (unpaired) electrons. The smallest absolute Gasteiger partial charge is 0.185 e. The molecule has 3 nitrogen and oxygen atoms in total.